The predicted molar refractivity (Wildman–Crippen MR) is 98.0 cm³/mol. The van der Waals surface area contributed by atoms with E-state index in [1.54, 1.807) is 0 Å². The van der Waals surface area contributed by atoms with Crippen LogP contribution in [0, 0.1) is 20.8 Å². The van der Waals surface area contributed by atoms with Crippen molar-refractivity contribution < 1.29 is 4.79 Å². The summed E-state index contributed by atoms with van der Waals surface area (Å²) in [5.41, 5.74) is 5.12. The molecular formula is C19H24N2OS. The van der Waals surface area contributed by atoms with E-state index in [0.717, 1.165) is 29.3 Å². The Labute approximate surface area is 142 Å². The Morgan fingerprint density at radius 3 is 2.57 bits per heavy atom. The minimum absolute atomic E-state index is 0.0118. The number of carbonyl (C=O) groups is 1. The highest BCUT2D eigenvalue weighted by Gasteiger charge is 2.06. The van der Waals surface area contributed by atoms with Crippen molar-refractivity contribution in [3.8, 4) is 0 Å². The zero-order chi connectivity index (χ0) is 16.7. The zero-order valence-corrected chi connectivity index (χ0v) is 14.9. The molecule has 1 aromatic heterocycles. The Kier molecular flexibility index (Phi) is 6.66. The Morgan fingerprint density at radius 2 is 1.87 bits per heavy atom. The topological polar surface area (TPSA) is 42.0 Å². The first-order valence-corrected chi connectivity index (χ1v) is 9.07. The average Bonchev–Trinajstić information content (AvgIpc) is 2.49. The van der Waals surface area contributed by atoms with Crippen LogP contribution in [0.3, 0.4) is 0 Å². The smallest absolute Gasteiger partial charge is 0.251 e. The molecule has 0 spiro atoms. The molecule has 0 atom stereocenters. The lowest BCUT2D eigenvalue weighted by Gasteiger charge is -2.07. The van der Waals surface area contributed by atoms with Crippen molar-refractivity contribution >= 4 is 17.7 Å². The Balaban J connectivity index is 1.66. The highest BCUT2D eigenvalue weighted by Crippen LogP contribution is 2.14. The normalized spacial score (nSPS) is 10.6. The standard InChI is InChI=1S/C19H24N2OS/c1-14-6-4-7-17(10-14)13-23-9-5-8-20-19(22)18-11-15(2)21-16(3)12-18/h4,6-7,10-12H,5,8-9,13H2,1-3H3,(H,20,22). The average molecular weight is 328 g/mol. The van der Waals surface area contributed by atoms with Crippen molar-refractivity contribution in [2.75, 3.05) is 12.3 Å². The van der Waals surface area contributed by atoms with Crippen molar-refractivity contribution in [2.24, 2.45) is 0 Å². The quantitative estimate of drug-likeness (QED) is 0.779. The summed E-state index contributed by atoms with van der Waals surface area (Å²) in [4.78, 5) is 16.4. The van der Waals surface area contributed by atoms with Gasteiger partial charge in [0.25, 0.3) is 5.91 Å². The van der Waals surface area contributed by atoms with Crippen LogP contribution in [0.25, 0.3) is 0 Å². The summed E-state index contributed by atoms with van der Waals surface area (Å²) in [7, 11) is 0. The van der Waals surface area contributed by atoms with Gasteiger partial charge < -0.3 is 5.32 Å². The van der Waals surface area contributed by atoms with E-state index in [1.165, 1.54) is 11.1 Å². The first kappa shape index (κ1) is 17.5. The van der Waals surface area contributed by atoms with Crippen LogP contribution in [0.2, 0.25) is 0 Å². The van der Waals surface area contributed by atoms with E-state index in [1.807, 2.05) is 37.7 Å². The third-order valence-electron chi connectivity index (χ3n) is 3.45. The van der Waals surface area contributed by atoms with Gasteiger partial charge in [0, 0.05) is 29.2 Å². The van der Waals surface area contributed by atoms with Gasteiger partial charge in [-0.05, 0) is 50.6 Å². The summed E-state index contributed by atoms with van der Waals surface area (Å²) in [5, 5.41) is 2.98. The molecule has 122 valence electrons. The van der Waals surface area contributed by atoms with Gasteiger partial charge in [0.1, 0.15) is 0 Å². The molecule has 2 aromatic rings. The molecule has 0 bridgehead atoms. The van der Waals surface area contributed by atoms with Gasteiger partial charge in [0.2, 0.25) is 0 Å². The molecule has 1 N–H and O–H groups in total. The van der Waals surface area contributed by atoms with Crippen LogP contribution in [-0.2, 0) is 5.75 Å². The fraction of sp³-hybridized carbons (Fsp3) is 0.368. The van der Waals surface area contributed by atoms with Gasteiger partial charge in [-0.15, -0.1) is 0 Å². The summed E-state index contributed by atoms with van der Waals surface area (Å²) in [5.74, 6) is 2.06. The maximum absolute atomic E-state index is 12.1. The molecular weight excluding hydrogens is 304 g/mol. The summed E-state index contributed by atoms with van der Waals surface area (Å²) >= 11 is 1.91. The molecule has 0 saturated carbocycles. The van der Waals surface area contributed by atoms with E-state index in [2.05, 4.69) is 41.5 Å². The van der Waals surface area contributed by atoms with E-state index >= 15 is 0 Å². The number of carbonyl (C=O) groups excluding carboxylic acids is 1. The number of benzene rings is 1. The first-order valence-electron chi connectivity index (χ1n) is 7.91. The molecule has 23 heavy (non-hydrogen) atoms. The number of aromatic nitrogens is 1. The zero-order valence-electron chi connectivity index (χ0n) is 14.1. The number of hydrogen-bond acceptors (Lipinski definition) is 3. The molecule has 0 aliphatic heterocycles. The fourth-order valence-electron chi connectivity index (χ4n) is 2.44. The van der Waals surface area contributed by atoms with E-state index in [4.69, 9.17) is 0 Å². The van der Waals surface area contributed by atoms with E-state index < -0.39 is 0 Å². The number of nitrogens with zero attached hydrogens (tertiary/aromatic N) is 1. The molecule has 0 fully saturated rings. The van der Waals surface area contributed by atoms with Crippen molar-refractivity contribution in [3.05, 3.63) is 64.5 Å². The third kappa shape index (κ3) is 6.06. The summed E-state index contributed by atoms with van der Waals surface area (Å²) in [6, 6.07) is 12.3. The first-order chi connectivity index (χ1) is 11.0. The molecule has 3 nitrogen and oxygen atoms in total. The second-order valence-electron chi connectivity index (χ2n) is 5.79. The number of thioether (sulfide) groups is 1. The molecule has 1 heterocycles. The molecule has 1 amide bonds. The molecule has 0 saturated heterocycles. The Morgan fingerprint density at radius 1 is 1.13 bits per heavy atom. The Bertz CT molecular complexity index is 650. The van der Waals surface area contributed by atoms with Gasteiger partial charge in [-0.2, -0.15) is 11.8 Å². The third-order valence-corrected chi connectivity index (χ3v) is 4.56. The number of amides is 1. The summed E-state index contributed by atoms with van der Waals surface area (Å²) in [6.07, 6.45) is 0.977. The lowest BCUT2D eigenvalue weighted by molar-refractivity contribution is 0.0953. The minimum atomic E-state index is -0.0118. The van der Waals surface area contributed by atoms with E-state index in [-0.39, 0.29) is 5.91 Å². The van der Waals surface area contributed by atoms with Crippen molar-refractivity contribution in [2.45, 2.75) is 32.9 Å². The lowest BCUT2D eigenvalue weighted by Crippen LogP contribution is -2.25. The number of nitrogens with one attached hydrogen (secondary N) is 1. The SMILES string of the molecule is Cc1cccc(CSCCCNC(=O)c2cc(C)nc(C)c2)c1. The predicted octanol–water partition coefficient (Wildman–Crippen LogP) is 4.06. The number of rotatable bonds is 7. The van der Waals surface area contributed by atoms with Gasteiger partial charge in [-0.25, -0.2) is 0 Å². The van der Waals surface area contributed by atoms with Gasteiger partial charge in [0.15, 0.2) is 0 Å². The van der Waals surface area contributed by atoms with Crippen LogP contribution in [-0.4, -0.2) is 23.2 Å². The molecule has 2 rings (SSSR count). The van der Waals surface area contributed by atoms with E-state index in [0.29, 0.717) is 12.1 Å². The van der Waals surface area contributed by atoms with Crippen LogP contribution in [0.5, 0.6) is 0 Å². The molecule has 0 aliphatic carbocycles. The molecule has 0 unspecified atom stereocenters. The second kappa shape index (κ2) is 8.73. The second-order valence-corrected chi connectivity index (χ2v) is 6.89. The molecule has 4 heteroatoms. The molecule has 0 radical (unpaired) electrons. The van der Waals surface area contributed by atoms with Crippen LogP contribution in [0.1, 0.15) is 39.3 Å². The fourth-order valence-corrected chi connectivity index (χ4v) is 3.34. The van der Waals surface area contributed by atoms with Crippen LogP contribution in [0.15, 0.2) is 36.4 Å². The maximum atomic E-state index is 12.1. The lowest BCUT2D eigenvalue weighted by atomic mass is 10.2. The highest BCUT2D eigenvalue weighted by molar-refractivity contribution is 7.98. The van der Waals surface area contributed by atoms with Gasteiger partial charge in [-0.3, -0.25) is 9.78 Å². The minimum Gasteiger partial charge on any atom is -0.352 e. The van der Waals surface area contributed by atoms with Crippen LogP contribution in [0.4, 0.5) is 0 Å². The molecule has 0 aliphatic rings. The monoisotopic (exact) mass is 328 g/mol. The Hall–Kier alpha value is -1.81. The van der Waals surface area contributed by atoms with Crippen LogP contribution < -0.4 is 5.32 Å². The largest absolute Gasteiger partial charge is 0.352 e. The number of aryl methyl sites for hydroxylation is 3. The molecule has 1 aromatic carbocycles. The van der Waals surface area contributed by atoms with Crippen molar-refractivity contribution in [1.29, 1.82) is 0 Å². The number of pyridine rings is 1. The van der Waals surface area contributed by atoms with Crippen molar-refractivity contribution in [3.63, 3.8) is 0 Å². The maximum Gasteiger partial charge on any atom is 0.251 e. The van der Waals surface area contributed by atoms with Gasteiger partial charge in [-0.1, -0.05) is 29.8 Å². The van der Waals surface area contributed by atoms with Gasteiger partial charge in [0.05, 0.1) is 0 Å². The van der Waals surface area contributed by atoms with Crippen molar-refractivity contribution in [1.82, 2.24) is 10.3 Å². The van der Waals surface area contributed by atoms with Crippen LogP contribution >= 0.6 is 11.8 Å². The highest BCUT2D eigenvalue weighted by atomic mass is 32.2. The summed E-state index contributed by atoms with van der Waals surface area (Å²) < 4.78 is 0. The van der Waals surface area contributed by atoms with Gasteiger partial charge >= 0.3 is 0 Å². The van der Waals surface area contributed by atoms with E-state index in [9.17, 15) is 4.79 Å². The summed E-state index contributed by atoms with van der Waals surface area (Å²) in [6.45, 7) is 6.64. The number of hydrogen-bond donors (Lipinski definition) is 1.